The van der Waals surface area contributed by atoms with E-state index in [1.54, 1.807) is 6.08 Å². The summed E-state index contributed by atoms with van der Waals surface area (Å²) in [7, 11) is 0. The number of nitrogens with one attached hydrogen (secondary N) is 1. The molecule has 0 saturated heterocycles. The number of nitrogens with zero attached hydrogens (tertiary/aromatic N) is 1. The number of fused-ring (bicyclic) bond motifs is 3. The van der Waals surface area contributed by atoms with Crippen LogP contribution in [0.15, 0.2) is 35.9 Å². The zero-order valence-corrected chi connectivity index (χ0v) is 18.9. The lowest BCUT2D eigenvalue weighted by Gasteiger charge is -2.45. The number of ether oxygens (including phenoxy) is 1. The van der Waals surface area contributed by atoms with E-state index >= 15 is 0 Å². The number of hydrogen-bond acceptors (Lipinski definition) is 5. The van der Waals surface area contributed by atoms with Crippen molar-refractivity contribution in [1.82, 2.24) is 10.2 Å². The number of amides is 2. The van der Waals surface area contributed by atoms with Crippen LogP contribution in [0, 0.1) is 5.92 Å². The number of para-hydroxylation sites is 1. The van der Waals surface area contributed by atoms with Crippen molar-refractivity contribution in [1.29, 1.82) is 0 Å². The first-order valence-corrected chi connectivity index (χ1v) is 11.8. The maximum absolute atomic E-state index is 13.4. The molecule has 1 heterocycles. The summed E-state index contributed by atoms with van der Waals surface area (Å²) in [5, 5.41) is 23.4. The van der Waals surface area contributed by atoms with Crippen LogP contribution in [0.5, 0.6) is 5.75 Å². The zero-order chi connectivity index (χ0) is 22.8. The van der Waals surface area contributed by atoms with Gasteiger partial charge in [-0.15, -0.1) is 0 Å². The normalized spacial score (nSPS) is 27.2. The molecule has 1 aliphatic heterocycles. The van der Waals surface area contributed by atoms with Crippen LogP contribution in [-0.2, 0) is 9.59 Å². The van der Waals surface area contributed by atoms with E-state index in [4.69, 9.17) is 4.74 Å². The van der Waals surface area contributed by atoms with Gasteiger partial charge in [0, 0.05) is 29.6 Å². The second kappa shape index (κ2) is 9.63. The van der Waals surface area contributed by atoms with Gasteiger partial charge >= 0.3 is 0 Å². The van der Waals surface area contributed by atoms with Gasteiger partial charge in [-0.1, -0.05) is 51.3 Å². The predicted octanol–water partition coefficient (Wildman–Crippen LogP) is 2.13. The van der Waals surface area contributed by atoms with Crippen LogP contribution in [0.3, 0.4) is 0 Å². The number of benzene rings is 1. The van der Waals surface area contributed by atoms with E-state index in [1.165, 1.54) is 0 Å². The van der Waals surface area contributed by atoms with Crippen molar-refractivity contribution >= 4 is 11.8 Å². The van der Waals surface area contributed by atoms with Crippen molar-refractivity contribution in [3.63, 3.8) is 0 Å². The highest BCUT2D eigenvalue weighted by atomic mass is 16.5. The second-order valence-electron chi connectivity index (χ2n) is 9.37. The molecule has 1 saturated carbocycles. The van der Waals surface area contributed by atoms with Gasteiger partial charge in [0.25, 0.3) is 0 Å². The van der Waals surface area contributed by atoms with Gasteiger partial charge in [0.1, 0.15) is 18.0 Å². The summed E-state index contributed by atoms with van der Waals surface area (Å²) in [5.41, 5.74) is 1.35. The zero-order valence-electron chi connectivity index (χ0n) is 18.9. The van der Waals surface area contributed by atoms with Gasteiger partial charge in [-0.05, 0) is 25.0 Å². The molecule has 4 unspecified atom stereocenters. The first-order chi connectivity index (χ1) is 15.4. The molecule has 3 N–H and O–H groups in total. The molecule has 0 aromatic heterocycles. The fraction of sp³-hybridized carbons (Fsp3) is 0.600. The first-order valence-electron chi connectivity index (χ1n) is 11.8. The smallest absolute Gasteiger partial charge is 0.247 e. The first kappa shape index (κ1) is 22.8. The van der Waals surface area contributed by atoms with E-state index in [2.05, 4.69) is 5.32 Å². The van der Waals surface area contributed by atoms with Crippen molar-refractivity contribution in [3.05, 3.63) is 41.5 Å². The summed E-state index contributed by atoms with van der Waals surface area (Å²) in [6, 6.07) is 6.92. The van der Waals surface area contributed by atoms with Gasteiger partial charge in [0.2, 0.25) is 11.8 Å². The molecule has 0 bridgehead atoms. The van der Waals surface area contributed by atoms with Gasteiger partial charge in [-0.25, -0.2) is 0 Å². The maximum Gasteiger partial charge on any atom is 0.247 e. The fourth-order valence-corrected chi connectivity index (χ4v) is 5.39. The van der Waals surface area contributed by atoms with Gasteiger partial charge in [0.05, 0.1) is 18.6 Å². The average Bonchev–Trinajstić information content (AvgIpc) is 3.20. The Kier molecular flexibility index (Phi) is 6.86. The van der Waals surface area contributed by atoms with Gasteiger partial charge in [0.15, 0.2) is 0 Å². The molecule has 4 atom stereocenters. The average molecular weight is 443 g/mol. The molecule has 1 fully saturated rings. The molecule has 4 rings (SSSR count). The number of carbonyl (C=O) groups is 2. The highest BCUT2D eigenvalue weighted by Gasteiger charge is 2.51. The lowest BCUT2D eigenvalue weighted by Crippen LogP contribution is -2.59. The summed E-state index contributed by atoms with van der Waals surface area (Å²) < 4.78 is 6.16. The van der Waals surface area contributed by atoms with E-state index < -0.39 is 24.2 Å². The quantitative estimate of drug-likeness (QED) is 0.627. The van der Waals surface area contributed by atoms with Crippen LogP contribution in [0.4, 0.5) is 0 Å². The molecule has 7 heteroatoms. The Morgan fingerprint density at radius 3 is 2.59 bits per heavy atom. The van der Waals surface area contributed by atoms with E-state index in [0.717, 1.165) is 37.7 Å². The van der Waals surface area contributed by atoms with Crippen molar-refractivity contribution in [2.75, 3.05) is 13.2 Å². The summed E-state index contributed by atoms with van der Waals surface area (Å²) in [4.78, 5) is 28.3. The van der Waals surface area contributed by atoms with Crippen LogP contribution in [0.25, 0.3) is 0 Å². The minimum Gasteiger partial charge on any atom is -0.486 e. The number of carbonyl (C=O) groups excluding carboxylic acids is 2. The molecular weight excluding hydrogens is 408 g/mol. The monoisotopic (exact) mass is 442 g/mol. The van der Waals surface area contributed by atoms with Gasteiger partial charge < -0.3 is 25.2 Å². The Morgan fingerprint density at radius 1 is 1.19 bits per heavy atom. The van der Waals surface area contributed by atoms with Crippen LogP contribution in [-0.4, -0.2) is 64.4 Å². The molecule has 2 aliphatic carbocycles. The van der Waals surface area contributed by atoms with Crippen molar-refractivity contribution in [3.8, 4) is 5.75 Å². The van der Waals surface area contributed by atoms with Crippen molar-refractivity contribution in [2.24, 2.45) is 5.92 Å². The minimum atomic E-state index is -0.952. The Hall–Kier alpha value is -2.38. The molecule has 3 aliphatic rings. The molecule has 0 radical (unpaired) electrons. The molecule has 1 aromatic rings. The number of aliphatic hydroxyl groups excluding tert-OH is 2. The number of aliphatic hydroxyl groups is 2. The Bertz CT molecular complexity index is 877. The third kappa shape index (κ3) is 4.16. The Labute approximate surface area is 189 Å². The SMILES string of the molecule is CC(C)C(=O)N(C1CCCCC1)C1C=C(C(=O)NCCO)C2c3ccccc3OC2C1O. The standard InChI is InChI=1S/C25H34N2O5/c1-15(2)25(31)27(16-8-4-3-5-9-16)19-14-18(24(30)26-12-13-28)21-17-10-6-7-11-20(17)32-23(21)22(19)29/h6-7,10-11,14-16,19,21-23,28-29H,3-5,8-9,12-13H2,1-2H3,(H,26,30). The topological polar surface area (TPSA) is 99.1 Å². The summed E-state index contributed by atoms with van der Waals surface area (Å²) in [6.07, 6.45) is 5.23. The van der Waals surface area contributed by atoms with Crippen LogP contribution >= 0.6 is 0 Å². The van der Waals surface area contributed by atoms with Crippen molar-refractivity contribution < 1.29 is 24.5 Å². The lowest BCUT2D eigenvalue weighted by molar-refractivity contribution is -0.144. The Morgan fingerprint density at radius 2 is 1.91 bits per heavy atom. The fourth-order valence-electron chi connectivity index (χ4n) is 5.39. The van der Waals surface area contributed by atoms with Crippen LogP contribution in [0.1, 0.15) is 57.4 Å². The minimum absolute atomic E-state index is 0.0127. The van der Waals surface area contributed by atoms with E-state index in [1.807, 2.05) is 43.0 Å². The largest absolute Gasteiger partial charge is 0.486 e. The highest BCUT2D eigenvalue weighted by Crippen LogP contribution is 2.47. The third-order valence-corrected chi connectivity index (χ3v) is 6.91. The lowest BCUT2D eigenvalue weighted by atomic mass is 9.76. The maximum atomic E-state index is 13.4. The van der Waals surface area contributed by atoms with Crippen LogP contribution < -0.4 is 10.1 Å². The Balaban J connectivity index is 1.76. The number of hydrogen-bond donors (Lipinski definition) is 3. The number of rotatable bonds is 6. The second-order valence-corrected chi connectivity index (χ2v) is 9.37. The summed E-state index contributed by atoms with van der Waals surface area (Å²) in [6.45, 7) is 3.72. The predicted molar refractivity (Wildman–Crippen MR) is 120 cm³/mol. The highest BCUT2D eigenvalue weighted by molar-refractivity contribution is 5.96. The molecular formula is C25H34N2O5. The van der Waals surface area contributed by atoms with E-state index in [-0.39, 0.29) is 36.9 Å². The van der Waals surface area contributed by atoms with E-state index in [0.29, 0.717) is 11.3 Å². The molecule has 7 nitrogen and oxygen atoms in total. The molecule has 0 spiro atoms. The summed E-state index contributed by atoms with van der Waals surface area (Å²) in [5.74, 6) is -0.294. The van der Waals surface area contributed by atoms with Gasteiger partial charge in [-0.2, -0.15) is 0 Å². The third-order valence-electron chi connectivity index (χ3n) is 6.91. The van der Waals surface area contributed by atoms with E-state index in [9.17, 15) is 19.8 Å². The van der Waals surface area contributed by atoms with Crippen LogP contribution in [0.2, 0.25) is 0 Å². The molecule has 2 amide bonds. The van der Waals surface area contributed by atoms with Crippen molar-refractivity contribution in [2.45, 2.75) is 76.2 Å². The van der Waals surface area contributed by atoms with Gasteiger partial charge in [-0.3, -0.25) is 9.59 Å². The molecule has 174 valence electrons. The summed E-state index contributed by atoms with van der Waals surface area (Å²) >= 11 is 0. The molecule has 1 aromatic carbocycles. The molecule has 32 heavy (non-hydrogen) atoms.